The van der Waals surface area contributed by atoms with E-state index in [1.54, 1.807) is 0 Å². The van der Waals surface area contributed by atoms with Gasteiger partial charge in [-0.2, -0.15) is 0 Å². The minimum absolute atomic E-state index is 0.258. The second-order valence-electron chi connectivity index (χ2n) is 4.73. The van der Waals surface area contributed by atoms with E-state index in [1.807, 2.05) is 12.1 Å². The lowest BCUT2D eigenvalue weighted by Crippen LogP contribution is -2.30. The lowest BCUT2D eigenvalue weighted by atomic mass is 10.1. The monoisotopic (exact) mass is 255 g/mol. The Bertz CT molecular complexity index is 407. The molecule has 0 fully saturated rings. The van der Waals surface area contributed by atoms with Gasteiger partial charge in [0.05, 0.1) is 5.02 Å². The Balaban J connectivity index is 2.05. The van der Waals surface area contributed by atoms with Crippen molar-refractivity contribution in [3.05, 3.63) is 22.7 Å². The molecular weight excluding hydrogens is 238 g/mol. The van der Waals surface area contributed by atoms with Gasteiger partial charge in [-0.3, -0.25) is 0 Å². The van der Waals surface area contributed by atoms with E-state index in [0.717, 1.165) is 17.9 Å². The summed E-state index contributed by atoms with van der Waals surface area (Å²) in [6.45, 7) is 7.62. The average molecular weight is 256 g/mol. The van der Waals surface area contributed by atoms with Crippen LogP contribution in [0.1, 0.15) is 26.3 Å². The highest BCUT2D eigenvalue weighted by molar-refractivity contribution is 6.32. The Kier molecular flexibility index (Phi) is 3.79. The van der Waals surface area contributed by atoms with Crippen molar-refractivity contribution in [2.24, 2.45) is 5.92 Å². The summed E-state index contributed by atoms with van der Waals surface area (Å²) in [6, 6.07) is 4.38. The average Bonchev–Trinajstić information content (AvgIpc) is 2.74. The summed E-state index contributed by atoms with van der Waals surface area (Å²) >= 11 is 6.12. The predicted octanol–water partition coefficient (Wildman–Crippen LogP) is 3.20. The molecule has 94 valence electrons. The molecule has 0 bridgehead atoms. The molecule has 3 nitrogen and oxygen atoms in total. The van der Waals surface area contributed by atoms with Crippen LogP contribution in [0.4, 0.5) is 0 Å². The molecule has 0 spiro atoms. The highest BCUT2D eigenvalue weighted by atomic mass is 35.5. The van der Waals surface area contributed by atoms with Gasteiger partial charge in [0.25, 0.3) is 0 Å². The van der Waals surface area contributed by atoms with Crippen molar-refractivity contribution in [1.82, 2.24) is 5.32 Å². The molecule has 2 rings (SSSR count). The lowest BCUT2D eigenvalue weighted by molar-refractivity contribution is 0.174. The van der Waals surface area contributed by atoms with Crippen molar-refractivity contribution in [3.8, 4) is 11.5 Å². The number of nitrogens with one attached hydrogen (secondary N) is 1. The van der Waals surface area contributed by atoms with E-state index in [4.69, 9.17) is 21.1 Å². The van der Waals surface area contributed by atoms with Gasteiger partial charge < -0.3 is 14.8 Å². The summed E-state index contributed by atoms with van der Waals surface area (Å²) in [4.78, 5) is 0. The normalized spacial score (nSPS) is 15.4. The third-order valence-corrected chi connectivity index (χ3v) is 3.40. The van der Waals surface area contributed by atoms with E-state index >= 15 is 0 Å². The minimum atomic E-state index is 0.258. The van der Waals surface area contributed by atoms with Gasteiger partial charge in [0, 0.05) is 12.6 Å². The van der Waals surface area contributed by atoms with E-state index in [2.05, 4.69) is 26.1 Å². The van der Waals surface area contributed by atoms with Crippen LogP contribution in [0.5, 0.6) is 11.5 Å². The van der Waals surface area contributed by atoms with Crippen LogP contribution in [0, 0.1) is 5.92 Å². The molecule has 1 atom stereocenters. The molecule has 0 aromatic heterocycles. The van der Waals surface area contributed by atoms with Crippen molar-refractivity contribution < 1.29 is 9.47 Å². The van der Waals surface area contributed by atoms with Gasteiger partial charge in [-0.1, -0.05) is 25.4 Å². The number of ether oxygens (including phenoxy) is 2. The van der Waals surface area contributed by atoms with Crippen LogP contribution >= 0.6 is 11.6 Å². The van der Waals surface area contributed by atoms with E-state index in [1.165, 1.54) is 0 Å². The Morgan fingerprint density at radius 3 is 2.76 bits per heavy atom. The fraction of sp³-hybridized carbons (Fsp3) is 0.538. The molecular formula is C13H18ClNO2. The second kappa shape index (κ2) is 5.15. The van der Waals surface area contributed by atoms with E-state index < -0.39 is 0 Å². The van der Waals surface area contributed by atoms with Crippen LogP contribution < -0.4 is 14.8 Å². The molecule has 1 aliphatic heterocycles. The number of hydrogen-bond acceptors (Lipinski definition) is 3. The highest BCUT2D eigenvalue weighted by Crippen LogP contribution is 2.39. The molecule has 0 saturated carbocycles. The first-order valence-corrected chi connectivity index (χ1v) is 6.27. The Labute approximate surface area is 107 Å². The predicted molar refractivity (Wildman–Crippen MR) is 68.7 cm³/mol. The second-order valence-corrected chi connectivity index (χ2v) is 5.13. The van der Waals surface area contributed by atoms with Gasteiger partial charge in [-0.05, 0) is 30.5 Å². The highest BCUT2D eigenvalue weighted by Gasteiger charge is 2.18. The quantitative estimate of drug-likeness (QED) is 0.896. The smallest absolute Gasteiger partial charge is 0.231 e. The standard InChI is InChI=1S/C13H18ClNO2/c1-8(2)9(3)15-6-10-4-11(14)13-12(5-10)16-7-17-13/h4-5,8-9,15H,6-7H2,1-3H3. The van der Waals surface area contributed by atoms with E-state index in [-0.39, 0.29) is 6.79 Å². The first-order valence-electron chi connectivity index (χ1n) is 5.89. The summed E-state index contributed by atoms with van der Waals surface area (Å²) in [7, 11) is 0. The van der Waals surface area contributed by atoms with E-state index in [0.29, 0.717) is 22.7 Å². The third kappa shape index (κ3) is 2.85. The van der Waals surface area contributed by atoms with Gasteiger partial charge in [-0.25, -0.2) is 0 Å². The van der Waals surface area contributed by atoms with Crippen LogP contribution in [-0.4, -0.2) is 12.8 Å². The van der Waals surface area contributed by atoms with Crippen molar-refractivity contribution in [3.63, 3.8) is 0 Å². The van der Waals surface area contributed by atoms with Crippen LogP contribution in [0.15, 0.2) is 12.1 Å². The summed E-state index contributed by atoms with van der Waals surface area (Å²) in [5.41, 5.74) is 1.12. The van der Waals surface area contributed by atoms with Gasteiger partial charge in [0.1, 0.15) is 0 Å². The molecule has 1 N–H and O–H groups in total. The zero-order chi connectivity index (χ0) is 12.4. The maximum absolute atomic E-state index is 6.12. The SMILES string of the molecule is CC(C)C(C)NCc1cc(Cl)c2c(c1)OCO2. The van der Waals surface area contributed by atoms with Crippen LogP contribution in [0.2, 0.25) is 5.02 Å². The molecule has 0 amide bonds. The molecule has 0 radical (unpaired) electrons. The number of halogens is 1. The van der Waals surface area contributed by atoms with Gasteiger partial charge in [0.2, 0.25) is 6.79 Å². The fourth-order valence-electron chi connectivity index (χ4n) is 1.64. The van der Waals surface area contributed by atoms with Crippen molar-refractivity contribution in [2.45, 2.75) is 33.4 Å². The molecule has 0 saturated heterocycles. The Hall–Kier alpha value is -0.930. The van der Waals surface area contributed by atoms with Gasteiger partial charge >= 0.3 is 0 Å². The molecule has 17 heavy (non-hydrogen) atoms. The molecule has 0 aliphatic carbocycles. The molecule has 1 aromatic carbocycles. The Morgan fingerprint density at radius 2 is 2.06 bits per heavy atom. The number of hydrogen-bond donors (Lipinski definition) is 1. The molecule has 4 heteroatoms. The summed E-state index contributed by atoms with van der Waals surface area (Å²) in [5.74, 6) is 2.01. The number of fused-ring (bicyclic) bond motifs is 1. The van der Waals surface area contributed by atoms with Crippen LogP contribution in [0.3, 0.4) is 0 Å². The molecule has 1 aromatic rings. The zero-order valence-corrected chi connectivity index (χ0v) is 11.2. The maximum atomic E-state index is 6.12. The fourth-order valence-corrected chi connectivity index (χ4v) is 1.93. The third-order valence-electron chi connectivity index (χ3n) is 3.12. The van der Waals surface area contributed by atoms with Gasteiger partial charge in [0.15, 0.2) is 11.5 Å². The first-order chi connectivity index (χ1) is 8.08. The first kappa shape index (κ1) is 12.5. The summed E-state index contributed by atoms with van der Waals surface area (Å²) in [5, 5.41) is 4.08. The maximum Gasteiger partial charge on any atom is 0.231 e. The van der Waals surface area contributed by atoms with Gasteiger partial charge in [-0.15, -0.1) is 0 Å². The Morgan fingerprint density at radius 1 is 1.29 bits per heavy atom. The zero-order valence-electron chi connectivity index (χ0n) is 10.4. The molecule has 1 heterocycles. The minimum Gasteiger partial charge on any atom is -0.454 e. The van der Waals surface area contributed by atoms with Crippen molar-refractivity contribution in [1.29, 1.82) is 0 Å². The largest absolute Gasteiger partial charge is 0.454 e. The number of rotatable bonds is 4. The number of benzene rings is 1. The van der Waals surface area contributed by atoms with Crippen LogP contribution in [-0.2, 0) is 6.54 Å². The van der Waals surface area contributed by atoms with E-state index in [9.17, 15) is 0 Å². The topological polar surface area (TPSA) is 30.5 Å². The van der Waals surface area contributed by atoms with Crippen molar-refractivity contribution in [2.75, 3.05) is 6.79 Å². The van der Waals surface area contributed by atoms with Crippen LogP contribution in [0.25, 0.3) is 0 Å². The lowest BCUT2D eigenvalue weighted by Gasteiger charge is -2.17. The molecule has 1 aliphatic rings. The van der Waals surface area contributed by atoms with Crippen molar-refractivity contribution >= 4 is 11.6 Å². The summed E-state index contributed by atoms with van der Waals surface area (Å²) in [6.07, 6.45) is 0. The molecule has 1 unspecified atom stereocenters. The summed E-state index contributed by atoms with van der Waals surface area (Å²) < 4.78 is 10.6.